The maximum atomic E-state index is 6.35. The summed E-state index contributed by atoms with van der Waals surface area (Å²) in [6.45, 7) is 0.930. The molecule has 0 aromatic heterocycles. The topological polar surface area (TPSA) is 21.3 Å². The molecule has 0 saturated carbocycles. The molecule has 32 heavy (non-hydrogen) atoms. The number of halogens is 2. The van der Waals surface area contributed by atoms with Crippen molar-refractivity contribution < 1.29 is 4.74 Å². The summed E-state index contributed by atoms with van der Waals surface area (Å²) in [6, 6.07) is 32.6. The Bertz CT molecular complexity index is 1390. The number of rotatable bonds is 6. The fourth-order valence-corrected chi connectivity index (χ4v) is 4.52. The van der Waals surface area contributed by atoms with Gasteiger partial charge in [-0.1, -0.05) is 96.0 Å². The summed E-state index contributed by atoms with van der Waals surface area (Å²) in [4.78, 5) is 0. The molecule has 0 aliphatic carbocycles. The highest BCUT2D eigenvalue weighted by Gasteiger charge is 2.12. The van der Waals surface area contributed by atoms with E-state index >= 15 is 0 Å². The van der Waals surface area contributed by atoms with Crippen molar-refractivity contribution in [1.29, 1.82) is 0 Å². The average Bonchev–Trinajstić information content (AvgIpc) is 2.82. The Morgan fingerprint density at radius 3 is 2.00 bits per heavy atom. The second-order valence-corrected chi connectivity index (χ2v) is 8.45. The summed E-state index contributed by atoms with van der Waals surface area (Å²) in [7, 11) is 0. The predicted octanol–water partition coefficient (Wildman–Crippen LogP) is 8.49. The minimum atomic E-state index is 0.304. The lowest BCUT2D eigenvalue weighted by Crippen LogP contribution is -2.05. The number of benzene rings is 5. The van der Waals surface area contributed by atoms with Crippen molar-refractivity contribution in [2.75, 3.05) is 5.32 Å². The molecule has 0 fully saturated rings. The lowest BCUT2D eigenvalue weighted by atomic mass is 10.0. The molecule has 0 aliphatic rings. The van der Waals surface area contributed by atoms with Crippen LogP contribution in [-0.4, -0.2) is 0 Å². The van der Waals surface area contributed by atoms with E-state index in [2.05, 4.69) is 72.0 Å². The first-order chi connectivity index (χ1) is 15.7. The molecule has 0 heterocycles. The van der Waals surface area contributed by atoms with Crippen molar-refractivity contribution in [1.82, 2.24) is 0 Å². The normalized spacial score (nSPS) is 11.1. The van der Waals surface area contributed by atoms with Crippen LogP contribution in [0.3, 0.4) is 0 Å². The number of fused-ring (bicyclic) bond motifs is 2. The summed E-state index contributed by atoms with van der Waals surface area (Å²) in [6.07, 6.45) is 0. The van der Waals surface area contributed by atoms with Crippen molar-refractivity contribution in [3.63, 3.8) is 0 Å². The van der Waals surface area contributed by atoms with Gasteiger partial charge in [0.05, 0.1) is 0 Å². The van der Waals surface area contributed by atoms with E-state index in [0.717, 1.165) is 28.0 Å². The molecule has 0 bridgehead atoms. The zero-order chi connectivity index (χ0) is 21.9. The fourth-order valence-electron chi connectivity index (χ4n) is 4.02. The van der Waals surface area contributed by atoms with Crippen LogP contribution in [0.5, 0.6) is 5.75 Å². The molecule has 1 N–H and O–H groups in total. The molecule has 0 spiro atoms. The third-order valence-electron chi connectivity index (χ3n) is 5.68. The van der Waals surface area contributed by atoms with E-state index in [0.29, 0.717) is 23.2 Å². The number of nitrogens with one attached hydrogen (secondary N) is 1. The highest BCUT2D eigenvalue weighted by molar-refractivity contribution is 6.35. The number of hydrogen-bond acceptors (Lipinski definition) is 2. The van der Waals surface area contributed by atoms with Crippen molar-refractivity contribution >= 4 is 50.4 Å². The van der Waals surface area contributed by atoms with E-state index in [4.69, 9.17) is 27.9 Å². The van der Waals surface area contributed by atoms with Crippen LogP contribution >= 0.6 is 23.2 Å². The number of hydrogen-bond donors (Lipinski definition) is 1. The Morgan fingerprint density at radius 1 is 0.594 bits per heavy atom. The molecule has 0 amide bonds. The van der Waals surface area contributed by atoms with E-state index in [1.807, 2.05) is 30.3 Å². The zero-order valence-electron chi connectivity index (χ0n) is 17.3. The van der Waals surface area contributed by atoms with Crippen molar-refractivity contribution in [3.05, 3.63) is 118 Å². The Balaban J connectivity index is 1.49. The third-order valence-corrected chi connectivity index (χ3v) is 6.38. The molecular weight excluding hydrogens is 437 g/mol. The standard InChI is InChI=1S/C28H21Cl2NO/c29-25-12-6-13-26(30)24(25)18-32-28-16-15-20-8-1-3-10-21(20)23(28)17-31-27-14-5-9-19-7-2-4-11-22(19)27/h1-16,31H,17-18H2. The van der Waals surface area contributed by atoms with Crippen molar-refractivity contribution in [3.8, 4) is 5.75 Å². The van der Waals surface area contributed by atoms with Crippen LogP contribution in [0.15, 0.2) is 97.1 Å². The molecule has 158 valence electrons. The molecular formula is C28H21Cl2NO. The SMILES string of the molecule is Clc1cccc(Cl)c1COc1ccc2ccccc2c1CNc1cccc2ccccc12. The van der Waals surface area contributed by atoms with Gasteiger partial charge < -0.3 is 10.1 Å². The molecule has 0 atom stereocenters. The predicted molar refractivity (Wildman–Crippen MR) is 136 cm³/mol. The number of anilines is 1. The summed E-state index contributed by atoms with van der Waals surface area (Å²) in [5.74, 6) is 0.812. The molecule has 0 unspecified atom stereocenters. The summed E-state index contributed by atoms with van der Waals surface area (Å²) >= 11 is 12.7. The van der Waals surface area contributed by atoms with Crippen LogP contribution in [0.25, 0.3) is 21.5 Å². The van der Waals surface area contributed by atoms with Crippen molar-refractivity contribution in [2.24, 2.45) is 0 Å². The van der Waals surface area contributed by atoms with Crippen LogP contribution in [0.4, 0.5) is 5.69 Å². The van der Waals surface area contributed by atoms with E-state index in [9.17, 15) is 0 Å². The maximum Gasteiger partial charge on any atom is 0.125 e. The zero-order valence-corrected chi connectivity index (χ0v) is 18.8. The molecule has 0 aliphatic heterocycles. The Labute approximate surface area is 197 Å². The Kier molecular flexibility index (Phi) is 5.89. The Hall–Kier alpha value is -3.20. The second kappa shape index (κ2) is 9.12. The molecule has 5 aromatic rings. The van der Waals surface area contributed by atoms with Gasteiger partial charge in [-0.25, -0.2) is 0 Å². The van der Waals surface area contributed by atoms with Crippen LogP contribution in [0.1, 0.15) is 11.1 Å². The van der Waals surface area contributed by atoms with E-state index in [1.54, 1.807) is 0 Å². The monoisotopic (exact) mass is 457 g/mol. The molecule has 5 rings (SSSR count). The first-order valence-electron chi connectivity index (χ1n) is 10.5. The molecule has 0 radical (unpaired) electrons. The lowest BCUT2D eigenvalue weighted by molar-refractivity contribution is 0.304. The van der Waals surface area contributed by atoms with Crippen LogP contribution in [-0.2, 0) is 13.2 Å². The third kappa shape index (κ3) is 4.12. The first-order valence-corrected chi connectivity index (χ1v) is 11.2. The van der Waals surface area contributed by atoms with Crippen molar-refractivity contribution in [2.45, 2.75) is 13.2 Å². The van der Waals surface area contributed by atoms with E-state index < -0.39 is 0 Å². The molecule has 5 aromatic carbocycles. The molecule has 0 saturated heterocycles. The maximum absolute atomic E-state index is 6.35. The number of ether oxygens (including phenoxy) is 1. The highest BCUT2D eigenvalue weighted by Crippen LogP contribution is 2.32. The summed E-state index contributed by atoms with van der Waals surface area (Å²) < 4.78 is 6.26. The molecule has 4 heteroatoms. The van der Waals surface area contributed by atoms with E-state index in [1.165, 1.54) is 16.2 Å². The van der Waals surface area contributed by atoms with Gasteiger partial charge in [-0.05, 0) is 40.4 Å². The summed E-state index contributed by atoms with van der Waals surface area (Å²) in [5.41, 5.74) is 2.98. The Morgan fingerprint density at radius 2 is 1.22 bits per heavy atom. The summed E-state index contributed by atoms with van der Waals surface area (Å²) in [5, 5.41) is 9.57. The van der Waals surface area contributed by atoms with Gasteiger partial charge in [0.15, 0.2) is 0 Å². The highest BCUT2D eigenvalue weighted by atomic mass is 35.5. The van der Waals surface area contributed by atoms with Gasteiger partial charge in [0.1, 0.15) is 12.4 Å². The second-order valence-electron chi connectivity index (χ2n) is 7.63. The van der Waals surface area contributed by atoms with Crippen LogP contribution in [0.2, 0.25) is 10.0 Å². The van der Waals surface area contributed by atoms with Crippen LogP contribution < -0.4 is 10.1 Å². The lowest BCUT2D eigenvalue weighted by Gasteiger charge is -2.17. The van der Waals surface area contributed by atoms with E-state index in [-0.39, 0.29) is 0 Å². The van der Waals surface area contributed by atoms with Gasteiger partial charge in [0, 0.05) is 38.8 Å². The quantitative estimate of drug-likeness (QED) is 0.275. The average molecular weight is 458 g/mol. The largest absolute Gasteiger partial charge is 0.488 e. The first kappa shape index (κ1) is 20.7. The molecule has 2 nitrogen and oxygen atoms in total. The van der Waals surface area contributed by atoms with Gasteiger partial charge in [0.25, 0.3) is 0 Å². The van der Waals surface area contributed by atoms with Gasteiger partial charge >= 0.3 is 0 Å². The van der Waals surface area contributed by atoms with Gasteiger partial charge in [-0.15, -0.1) is 0 Å². The van der Waals surface area contributed by atoms with Crippen LogP contribution in [0, 0.1) is 0 Å². The smallest absolute Gasteiger partial charge is 0.125 e. The van der Waals surface area contributed by atoms with Gasteiger partial charge in [0.2, 0.25) is 0 Å². The minimum Gasteiger partial charge on any atom is -0.488 e. The van der Waals surface area contributed by atoms with Gasteiger partial charge in [-0.2, -0.15) is 0 Å². The van der Waals surface area contributed by atoms with Gasteiger partial charge in [-0.3, -0.25) is 0 Å². The fraction of sp³-hybridized carbons (Fsp3) is 0.0714. The minimum absolute atomic E-state index is 0.304.